The molecule has 174 valence electrons. The molecular formula is C27H47BrO2. The standard InChI is InChI=1S/C27H47BrO2/c1-4-7-10-13-16-19-22-23(20-17-14-11-8-5-2)25(28)27(30)26(29)24(22)21-18-15-12-9-6-3/h29-30H,4-21H2,1-3H3. The summed E-state index contributed by atoms with van der Waals surface area (Å²) in [5.41, 5.74) is 3.59. The van der Waals surface area contributed by atoms with E-state index in [2.05, 4.69) is 36.7 Å². The second-order valence-electron chi connectivity index (χ2n) is 8.94. The molecule has 0 aliphatic heterocycles. The maximum Gasteiger partial charge on any atom is 0.172 e. The third kappa shape index (κ3) is 9.62. The highest BCUT2D eigenvalue weighted by Crippen LogP contribution is 2.44. The first kappa shape index (κ1) is 27.3. The fraction of sp³-hybridized carbons (Fsp3) is 0.778. The lowest BCUT2D eigenvalue weighted by Crippen LogP contribution is -2.04. The number of benzene rings is 1. The summed E-state index contributed by atoms with van der Waals surface area (Å²) in [5.74, 6) is 0.174. The zero-order valence-electron chi connectivity index (χ0n) is 20.0. The molecular weight excluding hydrogens is 436 g/mol. The van der Waals surface area contributed by atoms with Crippen molar-refractivity contribution in [1.82, 2.24) is 0 Å². The molecule has 3 heteroatoms. The number of rotatable bonds is 18. The maximum absolute atomic E-state index is 10.8. The van der Waals surface area contributed by atoms with E-state index in [-0.39, 0.29) is 11.5 Å². The van der Waals surface area contributed by atoms with Crippen LogP contribution in [-0.2, 0) is 19.3 Å². The van der Waals surface area contributed by atoms with E-state index in [9.17, 15) is 10.2 Å². The van der Waals surface area contributed by atoms with Gasteiger partial charge in [0, 0.05) is 5.56 Å². The highest BCUT2D eigenvalue weighted by Gasteiger charge is 2.21. The molecule has 0 aliphatic rings. The first-order chi connectivity index (χ1) is 14.6. The van der Waals surface area contributed by atoms with Gasteiger partial charge in [-0.2, -0.15) is 0 Å². The van der Waals surface area contributed by atoms with Crippen LogP contribution in [0.3, 0.4) is 0 Å². The summed E-state index contributed by atoms with van der Waals surface area (Å²) in [6.07, 6.45) is 21.5. The molecule has 1 aromatic carbocycles. The van der Waals surface area contributed by atoms with Gasteiger partial charge in [0.25, 0.3) is 0 Å². The van der Waals surface area contributed by atoms with Crippen molar-refractivity contribution >= 4 is 15.9 Å². The predicted octanol–water partition coefficient (Wildman–Crippen LogP) is 9.40. The smallest absolute Gasteiger partial charge is 0.172 e. The molecule has 1 aromatic rings. The molecule has 0 atom stereocenters. The summed E-state index contributed by atoms with van der Waals surface area (Å²) >= 11 is 3.63. The molecule has 0 bridgehead atoms. The second-order valence-corrected chi connectivity index (χ2v) is 9.73. The molecule has 0 radical (unpaired) electrons. The summed E-state index contributed by atoms with van der Waals surface area (Å²) < 4.78 is 0.730. The Labute approximate surface area is 195 Å². The van der Waals surface area contributed by atoms with Crippen LogP contribution < -0.4 is 0 Å². The second kappa shape index (κ2) is 16.9. The van der Waals surface area contributed by atoms with Crippen LogP contribution in [0.15, 0.2) is 4.47 Å². The molecule has 0 fully saturated rings. The van der Waals surface area contributed by atoms with Crippen LogP contribution in [-0.4, -0.2) is 10.2 Å². The van der Waals surface area contributed by atoms with E-state index >= 15 is 0 Å². The average molecular weight is 484 g/mol. The van der Waals surface area contributed by atoms with Crippen LogP contribution in [0.25, 0.3) is 0 Å². The Morgan fingerprint density at radius 3 is 1.27 bits per heavy atom. The molecule has 1 rings (SSSR count). The van der Waals surface area contributed by atoms with Crippen LogP contribution in [0.5, 0.6) is 11.5 Å². The van der Waals surface area contributed by atoms with Crippen molar-refractivity contribution in [1.29, 1.82) is 0 Å². The Hall–Kier alpha value is -0.700. The first-order valence-corrected chi connectivity index (χ1v) is 13.6. The van der Waals surface area contributed by atoms with Crippen LogP contribution in [0.2, 0.25) is 0 Å². The lowest BCUT2D eigenvalue weighted by molar-refractivity contribution is 0.394. The fourth-order valence-corrected chi connectivity index (χ4v) is 5.02. The number of phenols is 2. The quantitative estimate of drug-likeness (QED) is 0.161. The van der Waals surface area contributed by atoms with E-state index in [0.29, 0.717) is 0 Å². The number of halogens is 1. The van der Waals surface area contributed by atoms with Crippen molar-refractivity contribution in [2.45, 2.75) is 136 Å². The summed E-state index contributed by atoms with van der Waals surface area (Å²) in [6, 6.07) is 0. The van der Waals surface area contributed by atoms with Gasteiger partial charge in [0.15, 0.2) is 11.5 Å². The number of hydrogen-bond acceptors (Lipinski definition) is 2. The number of phenolic OH excluding ortho intramolecular Hbond substituents is 2. The minimum atomic E-state index is 0.0526. The van der Waals surface area contributed by atoms with Crippen LogP contribution in [0, 0.1) is 0 Å². The van der Waals surface area contributed by atoms with Crippen molar-refractivity contribution in [3.8, 4) is 11.5 Å². The predicted molar refractivity (Wildman–Crippen MR) is 135 cm³/mol. The van der Waals surface area contributed by atoms with Gasteiger partial charge in [0.05, 0.1) is 4.47 Å². The van der Waals surface area contributed by atoms with Gasteiger partial charge in [-0.3, -0.25) is 0 Å². The van der Waals surface area contributed by atoms with Gasteiger partial charge in [-0.25, -0.2) is 0 Å². The maximum atomic E-state index is 10.8. The van der Waals surface area contributed by atoms with Crippen molar-refractivity contribution in [3.63, 3.8) is 0 Å². The average Bonchev–Trinajstić information content (AvgIpc) is 2.75. The third-order valence-electron chi connectivity index (χ3n) is 6.30. The molecule has 0 aliphatic carbocycles. The van der Waals surface area contributed by atoms with Gasteiger partial charge in [-0.1, -0.05) is 97.8 Å². The van der Waals surface area contributed by atoms with E-state index in [1.807, 2.05) is 0 Å². The van der Waals surface area contributed by atoms with E-state index in [0.717, 1.165) is 42.1 Å². The molecule has 0 saturated carbocycles. The van der Waals surface area contributed by atoms with Gasteiger partial charge in [0.1, 0.15) is 0 Å². The molecule has 2 N–H and O–H groups in total. The van der Waals surface area contributed by atoms with E-state index in [1.165, 1.54) is 94.6 Å². The molecule has 2 nitrogen and oxygen atoms in total. The summed E-state index contributed by atoms with van der Waals surface area (Å²) in [7, 11) is 0. The normalized spacial score (nSPS) is 11.3. The Balaban J connectivity index is 2.98. The number of hydrogen-bond donors (Lipinski definition) is 2. The van der Waals surface area contributed by atoms with E-state index < -0.39 is 0 Å². The zero-order chi connectivity index (χ0) is 22.2. The Morgan fingerprint density at radius 1 is 0.467 bits per heavy atom. The summed E-state index contributed by atoms with van der Waals surface area (Å²) in [4.78, 5) is 0. The van der Waals surface area contributed by atoms with Gasteiger partial charge in [-0.05, 0) is 65.6 Å². The van der Waals surface area contributed by atoms with Crippen molar-refractivity contribution in [2.75, 3.05) is 0 Å². The largest absolute Gasteiger partial charge is 0.504 e. The first-order valence-electron chi connectivity index (χ1n) is 12.8. The molecule has 0 saturated heterocycles. The lowest BCUT2D eigenvalue weighted by Gasteiger charge is -2.20. The SMILES string of the molecule is CCCCCCCc1c(O)c(O)c(Br)c(CCCCCCC)c1CCCCCCC. The third-order valence-corrected chi connectivity index (χ3v) is 7.16. The lowest BCUT2D eigenvalue weighted by atomic mass is 9.89. The zero-order valence-corrected chi connectivity index (χ0v) is 21.6. The van der Waals surface area contributed by atoms with Crippen LogP contribution in [0.1, 0.15) is 134 Å². The molecule has 0 spiro atoms. The number of aromatic hydroxyl groups is 2. The Bertz CT molecular complexity index is 542. The minimum absolute atomic E-state index is 0.0526. The van der Waals surface area contributed by atoms with Gasteiger partial charge < -0.3 is 10.2 Å². The Kier molecular flexibility index (Phi) is 15.4. The van der Waals surface area contributed by atoms with E-state index in [4.69, 9.17) is 0 Å². The van der Waals surface area contributed by atoms with Crippen molar-refractivity contribution in [2.24, 2.45) is 0 Å². The van der Waals surface area contributed by atoms with Crippen molar-refractivity contribution < 1.29 is 10.2 Å². The number of unbranched alkanes of at least 4 members (excludes halogenated alkanes) is 12. The minimum Gasteiger partial charge on any atom is -0.504 e. The molecule has 30 heavy (non-hydrogen) atoms. The summed E-state index contributed by atoms with van der Waals surface area (Å²) in [6.45, 7) is 6.74. The molecule has 0 unspecified atom stereocenters. The van der Waals surface area contributed by atoms with Crippen LogP contribution >= 0.6 is 15.9 Å². The fourth-order valence-electron chi connectivity index (χ4n) is 4.40. The molecule has 0 heterocycles. The molecule has 0 aromatic heterocycles. The van der Waals surface area contributed by atoms with Gasteiger partial charge in [-0.15, -0.1) is 0 Å². The van der Waals surface area contributed by atoms with Gasteiger partial charge >= 0.3 is 0 Å². The van der Waals surface area contributed by atoms with Crippen molar-refractivity contribution in [3.05, 3.63) is 21.2 Å². The van der Waals surface area contributed by atoms with Crippen LogP contribution in [0.4, 0.5) is 0 Å². The highest BCUT2D eigenvalue weighted by atomic mass is 79.9. The summed E-state index contributed by atoms with van der Waals surface area (Å²) in [5, 5.41) is 21.4. The molecule has 0 amide bonds. The Morgan fingerprint density at radius 2 is 0.833 bits per heavy atom. The van der Waals surface area contributed by atoms with E-state index in [1.54, 1.807) is 0 Å². The highest BCUT2D eigenvalue weighted by molar-refractivity contribution is 9.10. The van der Waals surface area contributed by atoms with Gasteiger partial charge in [0.2, 0.25) is 0 Å². The monoisotopic (exact) mass is 482 g/mol. The topological polar surface area (TPSA) is 40.5 Å².